The van der Waals surface area contributed by atoms with E-state index in [9.17, 15) is 4.79 Å². The molecule has 2 aliphatic rings. The van der Waals surface area contributed by atoms with E-state index >= 15 is 0 Å². The lowest BCUT2D eigenvalue weighted by molar-refractivity contribution is -0.137. The minimum Gasteiger partial charge on any atom is -0.463 e. The van der Waals surface area contributed by atoms with Gasteiger partial charge in [-0.2, -0.15) is 0 Å². The van der Waals surface area contributed by atoms with Gasteiger partial charge in [-0.3, -0.25) is 0 Å². The van der Waals surface area contributed by atoms with Gasteiger partial charge in [0.2, 0.25) is 0 Å². The van der Waals surface area contributed by atoms with Gasteiger partial charge in [-0.25, -0.2) is 4.79 Å². The van der Waals surface area contributed by atoms with Crippen LogP contribution in [0.4, 0.5) is 0 Å². The van der Waals surface area contributed by atoms with Gasteiger partial charge in [0.25, 0.3) is 0 Å². The number of ether oxygens (including phenoxy) is 1. The summed E-state index contributed by atoms with van der Waals surface area (Å²) in [5, 5.41) is 0. The van der Waals surface area contributed by atoms with Crippen LogP contribution in [0.5, 0.6) is 0 Å². The normalized spacial score (nSPS) is 31.0. The van der Waals surface area contributed by atoms with Gasteiger partial charge in [-0.05, 0) is 44.1 Å². The van der Waals surface area contributed by atoms with Gasteiger partial charge in [0, 0.05) is 19.2 Å². The van der Waals surface area contributed by atoms with Crippen molar-refractivity contribution >= 4 is 5.97 Å². The maximum absolute atomic E-state index is 11.7. The topological polar surface area (TPSA) is 29.5 Å². The molecule has 0 radical (unpaired) electrons. The Balaban J connectivity index is 2.19. The summed E-state index contributed by atoms with van der Waals surface area (Å²) in [4.78, 5) is 14.1. The predicted molar refractivity (Wildman–Crippen MR) is 72.2 cm³/mol. The third-order valence-corrected chi connectivity index (χ3v) is 4.18. The molecule has 2 atom stereocenters. The Morgan fingerprint density at radius 1 is 1.39 bits per heavy atom. The molecule has 2 fully saturated rings. The zero-order valence-corrected chi connectivity index (χ0v) is 12.0. The van der Waals surface area contributed by atoms with Crippen molar-refractivity contribution in [1.82, 2.24) is 4.90 Å². The summed E-state index contributed by atoms with van der Waals surface area (Å²) in [6, 6.07) is 0. The number of hydrogen-bond donors (Lipinski definition) is 0. The molecule has 102 valence electrons. The Morgan fingerprint density at radius 2 is 1.94 bits per heavy atom. The Morgan fingerprint density at radius 3 is 2.44 bits per heavy atom. The van der Waals surface area contributed by atoms with Crippen LogP contribution >= 0.6 is 0 Å². The summed E-state index contributed by atoms with van der Waals surface area (Å²) in [6.45, 7) is 9.16. The highest BCUT2D eigenvalue weighted by Gasteiger charge is 2.41. The number of esters is 1. The van der Waals surface area contributed by atoms with Gasteiger partial charge in [-0.15, -0.1) is 0 Å². The lowest BCUT2D eigenvalue weighted by Gasteiger charge is -2.48. The molecule has 1 aliphatic carbocycles. The maximum atomic E-state index is 11.7. The summed E-state index contributed by atoms with van der Waals surface area (Å²) in [5.41, 5.74) is 1.74. The van der Waals surface area contributed by atoms with Gasteiger partial charge in [0.1, 0.15) is 0 Å². The standard InChI is InChI=1S/C15H25NO2/c1-5-18-14(17)6-13-11-7-15(2,3)8-12(13)10-16(4)9-11/h6,11-12H,5,7-10H2,1-4H3. The van der Waals surface area contributed by atoms with Crippen molar-refractivity contribution in [3.05, 3.63) is 11.6 Å². The van der Waals surface area contributed by atoms with E-state index in [1.165, 1.54) is 18.4 Å². The van der Waals surface area contributed by atoms with Gasteiger partial charge in [0.05, 0.1) is 6.61 Å². The maximum Gasteiger partial charge on any atom is 0.330 e. The van der Waals surface area contributed by atoms with Crippen LogP contribution in [-0.4, -0.2) is 37.6 Å². The second-order valence-corrected chi connectivity index (χ2v) is 6.58. The molecule has 1 aliphatic heterocycles. The smallest absolute Gasteiger partial charge is 0.330 e. The first-order valence-corrected chi connectivity index (χ1v) is 6.98. The molecule has 1 heterocycles. The van der Waals surface area contributed by atoms with Crippen LogP contribution in [0.3, 0.4) is 0 Å². The second kappa shape index (κ2) is 5.04. The van der Waals surface area contributed by atoms with Crippen molar-refractivity contribution in [2.24, 2.45) is 17.3 Å². The van der Waals surface area contributed by atoms with Crippen molar-refractivity contribution in [3.63, 3.8) is 0 Å². The van der Waals surface area contributed by atoms with E-state index in [1.807, 2.05) is 6.92 Å². The molecule has 0 aromatic heterocycles. The van der Waals surface area contributed by atoms with Crippen LogP contribution in [0.2, 0.25) is 0 Å². The summed E-state index contributed by atoms with van der Waals surface area (Å²) in [6.07, 6.45) is 4.14. The number of carbonyl (C=O) groups excluding carboxylic acids is 1. The fourth-order valence-electron chi connectivity index (χ4n) is 3.71. The first-order chi connectivity index (χ1) is 8.41. The van der Waals surface area contributed by atoms with Gasteiger partial charge in [-0.1, -0.05) is 19.4 Å². The fraction of sp³-hybridized carbons (Fsp3) is 0.800. The van der Waals surface area contributed by atoms with Gasteiger partial charge >= 0.3 is 5.97 Å². The Bertz CT molecular complexity index is 340. The van der Waals surface area contributed by atoms with Crippen molar-refractivity contribution < 1.29 is 9.53 Å². The summed E-state index contributed by atoms with van der Waals surface area (Å²) in [5.74, 6) is 0.899. The van der Waals surface area contributed by atoms with E-state index in [4.69, 9.17) is 4.74 Å². The van der Waals surface area contributed by atoms with E-state index in [2.05, 4.69) is 25.8 Å². The molecule has 0 aromatic rings. The number of carbonyl (C=O) groups is 1. The lowest BCUT2D eigenvalue weighted by Crippen LogP contribution is -2.46. The highest BCUT2D eigenvalue weighted by atomic mass is 16.5. The van der Waals surface area contributed by atoms with Crippen LogP contribution in [-0.2, 0) is 9.53 Å². The molecule has 3 heteroatoms. The fourth-order valence-corrected chi connectivity index (χ4v) is 3.71. The first-order valence-electron chi connectivity index (χ1n) is 6.98. The molecular formula is C15H25NO2. The third-order valence-electron chi connectivity index (χ3n) is 4.18. The average molecular weight is 251 g/mol. The summed E-state index contributed by atoms with van der Waals surface area (Å²) < 4.78 is 5.06. The van der Waals surface area contributed by atoms with Crippen LogP contribution in [0.25, 0.3) is 0 Å². The first kappa shape index (κ1) is 13.6. The molecule has 2 unspecified atom stereocenters. The van der Waals surface area contributed by atoms with E-state index in [0.717, 1.165) is 13.1 Å². The Kier molecular flexibility index (Phi) is 3.81. The van der Waals surface area contributed by atoms with Gasteiger partial charge < -0.3 is 9.64 Å². The molecule has 0 amide bonds. The number of likely N-dealkylation sites (tertiary alicyclic amines) is 1. The minimum atomic E-state index is -0.160. The largest absolute Gasteiger partial charge is 0.463 e. The molecule has 0 N–H and O–H groups in total. The molecule has 1 saturated heterocycles. The molecule has 2 rings (SSSR count). The van der Waals surface area contributed by atoms with Crippen LogP contribution < -0.4 is 0 Å². The van der Waals surface area contributed by atoms with Crippen molar-refractivity contribution in [2.75, 3.05) is 26.7 Å². The van der Waals surface area contributed by atoms with E-state index in [1.54, 1.807) is 6.08 Å². The van der Waals surface area contributed by atoms with Crippen molar-refractivity contribution in [1.29, 1.82) is 0 Å². The van der Waals surface area contributed by atoms with Crippen LogP contribution in [0, 0.1) is 17.3 Å². The molecule has 2 bridgehead atoms. The monoisotopic (exact) mass is 251 g/mol. The molecule has 18 heavy (non-hydrogen) atoms. The number of rotatable bonds is 2. The highest BCUT2D eigenvalue weighted by Crippen LogP contribution is 2.47. The second-order valence-electron chi connectivity index (χ2n) is 6.58. The molecule has 0 spiro atoms. The Hall–Kier alpha value is -0.830. The minimum absolute atomic E-state index is 0.160. The third kappa shape index (κ3) is 2.94. The quantitative estimate of drug-likeness (QED) is 0.558. The zero-order chi connectivity index (χ0) is 13.3. The van der Waals surface area contributed by atoms with Crippen LogP contribution in [0.15, 0.2) is 11.6 Å². The predicted octanol–water partition coefficient (Wildman–Crippen LogP) is 2.47. The number of nitrogens with zero attached hydrogens (tertiary/aromatic N) is 1. The Labute approximate surface area is 110 Å². The van der Waals surface area contributed by atoms with E-state index in [-0.39, 0.29) is 5.97 Å². The van der Waals surface area contributed by atoms with E-state index < -0.39 is 0 Å². The number of hydrogen-bond acceptors (Lipinski definition) is 3. The lowest BCUT2D eigenvalue weighted by atomic mass is 9.63. The SMILES string of the molecule is CCOC(=O)C=C1C2CN(C)CC1CC(C)(C)C2. The van der Waals surface area contributed by atoms with E-state index in [0.29, 0.717) is 23.9 Å². The molecule has 3 nitrogen and oxygen atoms in total. The summed E-state index contributed by atoms with van der Waals surface area (Å²) >= 11 is 0. The molecular weight excluding hydrogens is 226 g/mol. The van der Waals surface area contributed by atoms with Crippen molar-refractivity contribution in [2.45, 2.75) is 33.6 Å². The zero-order valence-electron chi connectivity index (χ0n) is 12.0. The van der Waals surface area contributed by atoms with Crippen molar-refractivity contribution in [3.8, 4) is 0 Å². The molecule has 0 aromatic carbocycles. The number of fused-ring (bicyclic) bond motifs is 2. The highest BCUT2D eigenvalue weighted by molar-refractivity contribution is 5.83. The number of piperidine rings is 1. The average Bonchev–Trinajstić information content (AvgIpc) is 2.20. The van der Waals surface area contributed by atoms with Gasteiger partial charge in [0.15, 0.2) is 0 Å². The summed E-state index contributed by atoms with van der Waals surface area (Å²) in [7, 11) is 2.18. The van der Waals surface area contributed by atoms with Crippen LogP contribution in [0.1, 0.15) is 33.6 Å². The molecule has 1 saturated carbocycles.